The van der Waals surface area contributed by atoms with E-state index < -0.39 is 5.97 Å². The van der Waals surface area contributed by atoms with Crippen molar-refractivity contribution in [3.63, 3.8) is 0 Å². The molecule has 0 saturated carbocycles. The molecule has 0 saturated heterocycles. The minimum absolute atomic E-state index is 0.0379. The second kappa shape index (κ2) is 4.41. The lowest BCUT2D eigenvalue weighted by Crippen LogP contribution is -2.01. The van der Waals surface area contributed by atoms with E-state index in [1.54, 1.807) is 6.92 Å². The Morgan fingerprint density at radius 2 is 2.00 bits per heavy atom. The molecule has 0 amide bonds. The molecule has 0 aliphatic carbocycles. The molecule has 0 atom stereocenters. The average Bonchev–Trinajstić information content (AvgIpc) is 2.80. The van der Waals surface area contributed by atoms with E-state index >= 15 is 0 Å². The first kappa shape index (κ1) is 12.3. The first-order valence-electron chi connectivity index (χ1n) is 5.98. The number of aryl methyl sites for hydroxylation is 2. The number of hydrogen-bond donors (Lipinski definition) is 1. The molecule has 3 aromatic rings. The van der Waals surface area contributed by atoms with E-state index in [1.807, 2.05) is 19.1 Å². The zero-order valence-electron chi connectivity index (χ0n) is 10.9. The predicted molar refractivity (Wildman–Crippen MR) is 71.5 cm³/mol. The number of fused-ring (bicyclic) bond motifs is 1. The van der Waals surface area contributed by atoms with Crippen LogP contribution >= 0.6 is 0 Å². The largest absolute Gasteiger partial charge is 0.477 e. The van der Waals surface area contributed by atoms with Gasteiger partial charge in [0.05, 0.1) is 5.69 Å². The summed E-state index contributed by atoms with van der Waals surface area (Å²) in [6.45, 7) is 3.70. The number of aromatic carboxylic acids is 1. The molecule has 0 aliphatic rings. The molecule has 0 fully saturated rings. The first-order valence-corrected chi connectivity index (χ1v) is 5.98. The van der Waals surface area contributed by atoms with E-state index in [-0.39, 0.29) is 5.69 Å². The number of carboxylic acids is 1. The normalized spacial score (nSPS) is 10.9. The first-order chi connectivity index (χ1) is 9.54. The van der Waals surface area contributed by atoms with Crippen molar-refractivity contribution in [1.29, 1.82) is 0 Å². The number of rotatable bonds is 2. The average molecular weight is 269 g/mol. The van der Waals surface area contributed by atoms with Crippen molar-refractivity contribution in [3.8, 4) is 11.3 Å². The van der Waals surface area contributed by atoms with Gasteiger partial charge in [-0.1, -0.05) is 0 Å². The number of hydrogen-bond acceptors (Lipinski definition) is 5. The van der Waals surface area contributed by atoms with Crippen LogP contribution in [0.25, 0.3) is 22.4 Å². The van der Waals surface area contributed by atoms with Crippen LogP contribution in [0.2, 0.25) is 0 Å². The van der Waals surface area contributed by atoms with Gasteiger partial charge >= 0.3 is 5.97 Å². The third kappa shape index (κ3) is 2.01. The van der Waals surface area contributed by atoms with Gasteiger partial charge in [0.15, 0.2) is 17.2 Å². The van der Waals surface area contributed by atoms with Gasteiger partial charge in [0.25, 0.3) is 0 Å². The predicted octanol–water partition coefficient (Wildman–Crippen LogP) is 2.60. The minimum Gasteiger partial charge on any atom is -0.477 e. The Morgan fingerprint density at radius 3 is 2.75 bits per heavy atom. The fraction of sp³-hybridized carbons (Fsp3) is 0.143. The van der Waals surface area contributed by atoms with E-state index in [1.165, 1.54) is 12.4 Å². The van der Waals surface area contributed by atoms with Crippen molar-refractivity contribution in [2.45, 2.75) is 13.8 Å². The van der Waals surface area contributed by atoms with Gasteiger partial charge in [-0.2, -0.15) is 0 Å². The van der Waals surface area contributed by atoms with Crippen LogP contribution in [-0.2, 0) is 0 Å². The summed E-state index contributed by atoms with van der Waals surface area (Å²) >= 11 is 0. The molecule has 6 nitrogen and oxygen atoms in total. The summed E-state index contributed by atoms with van der Waals surface area (Å²) in [6, 6.07) is 5.16. The van der Waals surface area contributed by atoms with Gasteiger partial charge < -0.3 is 9.52 Å². The lowest BCUT2D eigenvalue weighted by Gasteiger charge is -2.03. The van der Waals surface area contributed by atoms with Gasteiger partial charge in [-0.25, -0.2) is 19.7 Å². The molecule has 6 heteroatoms. The molecule has 2 aromatic heterocycles. The Morgan fingerprint density at radius 1 is 1.20 bits per heavy atom. The van der Waals surface area contributed by atoms with E-state index in [0.717, 1.165) is 22.2 Å². The van der Waals surface area contributed by atoms with E-state index in [9.17, 15) is 4.79 Å². The second-order valence-corrected chi connectivity index (χ2v) is 4.47. The lowest BCUT2D eigenvalue weighted by atomic mass is 10.1. The molecule has 2 heterocycles. The van der Waals surface area contributed by atoms with Crippen LogP contribution in [0.3, 0.4) is 0 Å². The molecule has 0 radical (unpaired) electrons. The molecule has 1 N–H and O–H groups in total. The molecule has 0 bridgehead atoms. The molecule has 0 spiro atoms. The van der Waals surface area contributed by atoms with Crippen molar-refractivity contribution in [1.82, 2.24) is 15.0 Å². The Balaban J connectivity index is 2.19. The monoisotopic (exact) mass is 269 g/mol. The molecule has 100 valence electrons. The van der Waals surface area contributed by atoms with Crippen molar-refractivity contribution in [2.24, 2.45) is 0 Å². The summed E-state index contributed by atoms with van der Waals surface area (Å²) < 4.78 is 5.51. The van der Waals surface area contributed by atoms with Crippen LogP contribution in [0, 0.1) is 13.8 Å². The second-order valence-electron chi connectivity index (χ2n) is 4.47. The smallest absolute Gasteiger partial charge is 0.354 e. The molecule has 20 heavy (non-hydrogen) atoms. The highest BCUT2D eigenvalue weighted by atomic mass is 16.4. The van der Waals surface area contributed by atoms with E-state index in [4.69, 9.17) is 9.52 Å². The van der Waals surface area contributed by atoms with Crippen LogP contribution in [0.1, 0.15) is 21.9 Å². The minimum atomic E-state index is -1.08. The molecule has 0 unspecified atom stereocenters. The summed E-state index contributed by atoms with van der Waals surface area (Å²) in [5, 5.41) is 8.97. The summed E-state index contributed by atoms with van der Waals surface area (Å²) in [7, 11) is 0. The highest BCUT2D eigenvalue weighted by Gasteiger charge is 2.12. The number of nitrogens with zero attached hydrogens (tertiary/aromatic N) is 3. The van der Waals surface area contributed by atoms with Gasteiger partial charge in [0, 0.05) is 12.5 Å². The van der Waals surface area contributed by atoms with Crippen LogP contribution < -0.4 is 0 Å². The Bertz CT molecular complexity index is 824. The van der Waals surface area contributed by atoms with Crippen molar-refractivity contribution >= 4 is 17.1 Å². The lowest BCUT2D eigenvalue weighted by molar-refractivity contribution is 0.0690. The van der Waals surface area contributed by atoms with Crippen molar-refractivity contribution < 1.29 is 14.3 Å². The maximum absolute atomic E-state index is 10.9. The van der Waals surface area contributed by atoms with Crippen LogP contribution in [0.15, 0.2) is 28.9 Å². The quantitative estimate of drug-likeness (QED) is 0.769. The summed E-state index contributed by atoms with van der Waals surface area (Å²) in [5.74, 6) is -0.488. The third-order valence-corrected chi connectivity index (χ3v) is 2.96. The molecule has 1 aromatic carbocycles. The number of carboxylic acid groups (broad SMARTS) is 1. The van der Waals surface area contributed by atoms with Crippen LogP contribution in [0.5, 0.6) is 0 Å². The molecule has 3 rings (SSSR count). The zero-order chi connectivity index (χ0) is 14.3. The van der Waals surface area contributed by atoms with Crippen LogP contribution in [-0.4, -0.2) is 26.0 Å². The molecular formula is C14H11N3O3. The zero-order valence-corrected chi connectivity index (χ0v) is 10.9. The van der Waals surface area contributed by atoms with Crippen LogP contribution in [0.4, 0.5) is 0 Å². The SMILES string of the molecule is Cc1nc2cc(-c3cc(C(=O)O)ncn3)cc(C)c2o1. The van der Waals surface area contributed by atoms with Gasteiger partial charge in [0.2, 0.25) is 0 Å². The Labute approximate surface area is 114 Å². The van der Waals surface area contributed by atoms with Gasteiger partial charge in [-0.05, 0) is 30.7 Å². The number of benzene rings is 1. The number of oxazole rings is 1. The standard InChI is InChI=1S/C14H11N3O3/c1-7-3-9(4-11-13(7)20-8(2)17-11)10-5-12(14(18)19)16-6-15-10/h3-6H,1-2H3,(H,18,19). The van der Waals surface area contributed by atoms with Gasteiger partial charge in [-0.3, -0.25) is 0 Å². The summed E-state index contributed by atoms with van der Waals surface area (Å²) in [5.41, 5.74) is 3.68. The highest BCUT2D eigenvalue weighted by Crippen LogP contribution is 2.26. The van der Waals surface area contributed by atoms with Crippen molar-refractivity contribution in [2.75, 3.05) is 0 Å². The summed E-state index contributed by atoms with van der Waals surface area (Å²) in [6.07, 6.45) is 1.24. The van der Waals surface area contributed by atoms with E-state index in [0.29, 0.717) is 11.6 Å². The van der Waals surface area contributed by atoms with Crippen molar-refractivity contribution in [3.05, 3.63) is 41.7 Å². The topological polar surface area (TPSA) is 89.1 Å². The molecular weight excluding hydrogens is 258 g/mol. The third-order valence-electron chi connectivity index (χ3n) is 2.96. The van der Waals surface area contributed by atoms with E-state index in [2.05, 4.69) is 15.0 Å². The Kier molecular flexibility index (Phi) is 2.71. The van der Waals surface area contributed by atoms with Gasteiger partial charge in [0.1, 0.15) is 11.8 Å². The fourth-order valence-electron chi connectivity index (χ4n) is 2.09. The Hall–Kier alpha value is -2.76. The fourth-order valence-corrected chi connectivity index (χ4v) is 2.09. The summed E-state index contributed by atoms with van der Waals surface area (Å²) in [4.78, 5) is 23.1. The maximum Gasteiger partial charge on any atom is 0.354 e. The highest BCUT2D eigenvalue weighted by molar-refractivity contribution is 5.87. The number of carbonyl (C=O) groups is 1. The van der Waals surface area contributed by atoms with Gasteiger partial charge in [-0.15, -0.1) is 0 Å². The molecule has 0 aliphatic heterocycles. The number of aromatic nitrogens is 3. The maximum atomic E-state index is 10.9.